The first-order chi connectivity index (χ1) is 17.3. The number of carbonyl (C=O) groups is 4. The first-order valence-electron chi connectivity index (χ1n) is 10.6. The number of anilines is 2. The molecule has 1 aliphatic heterocycles. The molecule has 4 aromatic rings. The van der Waals surface area contributed by atoms with Crippen LogP contribution in [0.5, 0.6) is 0 Å². The first-order valence-corrected chi connectivity index (χ1v) is 10.6. The molecule has 0 spiro atoms. The highest BCUT2D eigenvalue weighted by molar-refractivity contribution is 6.36. The number of hydrogen-bond acceptors (Lipinski definition) is 6. The fourth-order valence-corrected chi connectivity index (χ4v) is 4.19. The number of nitrogens with one attached hydrogen (secondary N) is 1. The van der Waals surface area contributed by atoms with Crippen LogP contribution in [0.3, 0.4) is 0 Å². The Morgan fingerprint density at radius 1 is 0.833 bits per heavy atom. The van der Waals surface area contributed by atoms with E-state index in [1.165, 1.54) is 78.9 Å². The second-order valence-electron chi connectivity index (χ2n) is 7.95. The zero-order chi connectivity index (χ0) is 25.6. The molecule has 3 amide bonds. The minimum atomic E-state index is -1.14. The minimum Gasteiger partial charge on any atom is -0.478 e. The molecule has 10 nitrogen and oxygen atoms in total. The number of imide groups is 1. The maximum Gasteiger partial charge on any atom is 0.335 e. The Balaban J connectivity index is 1.51. The van der Waals surface area contributed by atoms with Gasteiger partial charge in [-0.05, 0) is 54.6 Å². The zero-order valence-electron chi connectivity index (χ0n) is 18.3. The molecule has 5 rings (SSSR count). The number of nitrogens with zero attached hydrogens (tertiary/aromatic N) is 2. The number of carboxylic acid groups (broad SMARTS) is 1. The van der Waals surface area contributed by atoms with Gasteiger partial charge in [0.05, 0.1) is 21.6 Å². The summed E-state index contributed by atoms with van der Waals surface area (Å²) in [6, 6.07) is 18.6. The summed E-state index contributed by atoms with van der Waals surface area (Å²) in [5.74, 6) is -3.07. The van der Waals surface area contributed by atoms with Crippen molar-refractivity contribution in [2.75, 3.05) is 10.2 Å². The number of amides is 3. The summed E-state index contributed by atoms with van der Waals surface area (Å²) < 4.78 is 0. The van der Waals surface area contributed by atoms with E-state index in [4.69, 9.17) is 5.11 Å². The standard InChI is InChI=1S/C26H15N3O7/c30-23(27-16-6-1-5-15(12-16)26(33)34)14-4-2-7-17(13-14)28-24(31)19-9-3-8-18-21(29(35)36)11-10-20(22(18)19)25(28)32/h1-13H,(H,27,30)(H,33,34). The molecule has 0 fully saturated rings. The summed E-state index contributed by atoms with van der Waals surface area (Å²) in [7, 11) is 0. The molecule has 4 aromatic carbocycles. The van der Waals surface area contributed by atoms with Crippen molar-refractivity contribution in [3.63, 3.8) is 0 Å². The third-order valence-electron chi connectivity index (χ3n) is 5.82. The molecule has 1 heterocycles. The summed E-state index contributed by atoms with van der Waals surface area (Å²) in [6.45, 7) is 0. The number of hydrogen-bond donors (Lipinski definition) is 2. The van der Waals surface area contributed by atoms with Crippen molar-refractivity contribution in [3.8, 4) is 0 Å². The lowest BCUT2D eigenvalue weighted by molar-refractivity contribution is -0.383. The summed E-state index contributed by atoms with van der Waals surface area (Å²) in [5, 5.41) is 23.6. The molecule has 0 saturated heterocycles. The molecule has 0 bridgehead atoms. The number of aromatic carboxylic acids is 1. The minimum absolute atomic E-state index is 0.000798. The van der Waals surface area contributed by atoms with Gasteiger partial charge in [-0.3, -0.25) is 24.5 Å². The molecule has 2 N–H and O–H groups in total. The number of benzene rings is 4. The SMILES string of the molecule is O=C(O)c1cccc(NC(=O)c2cccc(N3C(=O)c4cccc5c([N+](=O)[O-])ccc(c45)C3=O)c2)c1. The number of carboxylic acids is 1. The second kappa shape index (κ2) is 8.44. The highest BCUT2D eigenvalue weighted by Gasteiger charge is 2.35. The van der Waals surface area contributed by atoms with Crippen molar-refractivity contribution in [3.05, 3.63) is 111 Å². The number of rotatable bonds is 5. The van der Waals surface area contributed by atoms with Gasteiger partial charge < -0.3 is 10.4 Å². The number of nitro benzene ring substituents is 1. The second-order valence-corrected chi connectivity index (χ2v) is 7.95. The number of carbonyl (C=O) groups excluding carboxylic acids is 3. The Kier molecular flexibility index (Phi) is 5.25. The van der Waals surface area contributed by atoms with Gasteiger partial charge in [-0.2, -0.15) is 0 Å². The Morgan fingerprint density at radius 3 is 2.22 bits per heavy atom. The van der Waals surface area contributed by atoms with Gasteiger partial charge in [0.2, 0.25) is 0 Å². The Morgan fingerprint density at radius 2 is 1.50 bits per heavy atom. The molecule has 176 valence electrons. The number of non-ortho nitro benzene ring substituents is 1. The highest BCUT2D eigenvalue weighted by Crippen LogP contribution is 2.37. The summed E-state index contributed by atoms with van der Waals surface area (Å²) in [6.07, 6.45) is 0. The van der Waals surface area contributed by atoms with Gasteiger partial charge >= 0.3 is 5.97 Å². The Hall–Kier alpha value is -5.38. The summed E-state index contributed by atoms with van der Waals surface area (Å²) >= 11 is 0. The van der Waals surface area contributed by atoms with E-state index in [9.17, 15) is 29.3 Å². The van der Waals surface area contributed by atoms with Gasteiger partial charge in [-0.1, -0.05) is 18.2 Å². The molecular formula is C26H15N3O7. The molecule has 0 unspecified atom stereocenters. The molecule has 0 aromatic heterocycles. The smallest absolute Gasteiger partial charge is 0.335 e. The van der Waals surface area contributed by atoms with E-state index < -0.39 is 28.6 Å². The molecule has 36 heavy (non-hydrogen) atoms. The Labute approximate surface area is 202 Å². The van der Waals surface area contributed by atoms with Gasteiger partial charge in [0.15, 0.2) is 0 Å². The molecule has 0 aliphatic carbocycles. The topological polar surface area (TPSA) is 147 Å². The van der Waals surface area contributed by atoms with Crippen LogP contribution in [-0.4, -0.2) is 33.7 Å². The van der Waals surface area contributed by atoms with Crippen molar-refractivity contribution >= 4 is 51.5 Å². The molecule has 0 atom stereocenters. The van der Waals surface area contributed by atoms with Crippen LogP contribution in [0.2, 0.25) is 0 Å². The van der Waals surface area contributed by atoms with E-state index >= 15 is 0 Å². The van der Waals surface area contributed by atoms with Crippen LogP contribution >= 0.6 is 0 Å². The molecule has 10 heteroatoms. The number of nitro groups is 1. The van der Waals surface area contributed by atoms with Gasteiger partial charge in [0.1, 0.15) is 0 Å². The van der Waals surface area contributed by atoms with Gasteiger partial charge in [0, 0.05) is 33.8 Å². The first kappa shape index (κ1) is 22.4. The predicted molar refractivity (Wildman–Crippen MR) is 130 cm³/mol. The van der Waals surface area contributed by atoms with Crippen LogP contribution in [0.25, 0.3) is 10.8 Å². The lowest BCUT2D eigenvalue weighted by atomic mass is 9.92. The lowest BCUT2D eigenvalue weighted by Gasteiger charge is -2.27. The van der Waals surface area contributed by atoms with Crippen molar-refractivity contribution in [1.29, 1.82) is 0 Å². The average molecular weight is 481 g/mol. The van der Waals surface area contributed by atoms with Gasteiger partial charge in [-0.25, -0.2) is 9.69 Å². The fourth-order valence-electron chi connectivity index (χ4n) is 4.19. The predicted octanol–water partition coefficient (Wildman–Crippen LogP) is 4.50. The maximum absolute atomic E-state index is 13.3. The van der Waals surface area contributed by atoms with Crippen LogP contribution in [0.1, 0.15) is 41.4 Å². The van der Waals surface area contributed by atoms with Crippen LogP contribution in [0.15, 0.2) is 78.9 Å². The summed E-state index contributed by atoms with van der Waals surface area (Å²) in [4.78, 5) is 62.5. The lowest BCUT2D eigenvalue weighted by Crippen LogP contribution is -2.40. The largest absolute Gasteiger partial charge is 0.478 e. The van der Waals surface area contributed by atoms with Crippen molar-refractivity contribution in [2.45, 2.75) is 0 Å². The van der Waals surface area contributed by atoms with Gasteiger partial charge in [0.25, 0.3) is 23.4 Å². The van der Waals surface area contributed by atoms with E-state index in [0.29, 0.717) is 0 Å². The quantitative estimate of drug-likeness (QED) is 0.242. The monoisotopic (exact) mass is 481 g/mol. The van der Waals surface area contributed by atoms with Gasteiger partial charge in [-0.15, -0.1) is 0 Å². The summed E-state index contributed by atoms with van der Waals surface area (Å²) in [5.41, 5.74) is 0.573. The maximum atomic E-state index is 13.3. The average Bonchev–Trinajstić information content (AvgIpc) is 2.87. The van der Waals surface area contributed by atoms with Crippen LogP contribution < -0.4 is 10.2 Å². The van der Waals surface area contributed by atoms with E-state index in [-0.39, 0.29) is 50.1 Å². The third-order valence-corrected chi connectivity index (χ3v) is 5.82. The molecular weight excluding hydrogens is 466 g/mol. The van der Waals surface area contributed by atoms with Crippen LogP contribution in [0, 0.1) is 10.1 Å². The normalized spacial score (nSPS) is 12.5. The molecule has 1 aliphatic rings. The molecule has 0 saturated carbocycles. The fraction of sp³-hybridized carbons (Fsp3) is 0. The molecule has 0 radical (unpaired) electrons. The third kappa shape index (κ3) is 3.62. The van der Waals surface area contributed by atoms with Crippen LogP contribution in [0.4, 0.5) is 17.1 Å². The highest BCUT2D eigenvalue weighted by atomic mass is 16.6. The van der Waals surface area contributed by atoms with E-state index in [0.717, 1.165) is 4.90 Å². The van der Waals surface area contributed by atoms with E-state index in [2.05, 4.69) is 5.32 Å². The van der Waals surface area contributed by atoms with E-state index in [1.807, 2.05) is 0 Å². The Bertz CT molecular complexity index is 1620. The zero-order valence-corrected chi connectivity index (χ0v) is 18.3. The van der Waals surface area contributed by atoms with Crippen LogP contribution in [-0.2, 0) is 0 Å². The van der Waals surface area contributed by atoms with E-state index in [1.54, 1.807) is 0 Å². The van der Waals surface area contributed by atoms with Crippen molar-refractivity contribution in [1.82, 2.24) is 0 Å². The van der Waals surface area contributed by atoms with Crippen molar-refractivity contribution in [2.24, 2.45) is 0 Å². The van der Waals surface area contributed by atoms with Crippen molar-refractivity contribution < 1.29 is 29.2 Å².